The van der Waals surface area contributed by atoms with Crippen LogP contribution in [0, 0.1) is 0 Å². The van der Waals surface area contributed by atoms with Crippen LogP contribution in [0.25, 0.3) is 11.1 Å². The number of amides is 2. The van der Waals surface area contributed by atoms with Crippen LogP contribution in [0.4, 0.5) is 5.69 Å². The molecule has 5 rings (SSSR count). The number of carbonyl (C=O) groups excluding carboxylic acids is 2. The molecule has 2 amide bonds. The van der Waals surface area contributed by atoms with Gasteiger partial charge in [0.15, 0.2) is 5.72 Å². The number of hydrogen-bond donors (Lipinski definition) is 2. The molecule has 0 radical (unpaired) electrons. The van der Waals surface area contributed by atoms with Crippen molar-refractivity contribution in [2.45, 2.75) is 30.4 Å². The van der Waals surface area contributed by atoms with Gasteiger partial charge in [0, 0.05) is 44.1 Å². The minimum Gasteiger partial charge on any atom is -0.472 e. The number of ether oxygens (including phenoxy) is 1. The first kappa shape index (κ1) is 22.2. The fraction of sp³-hybridized carbons (Fsp3) is 0.250. The van der Waals surface area contributed by atoms with Gasteiger partial charge in [-0.2, -0.15) is 4.31 Å². The van der Waals surface area contributed by atoms with E-state index < -0.39 is 15.7 Å². The molecule has 0 saturated carbocycles. The maximum atomic E-state index is 13.1. The Kier molecular flexibility index (Phi) is 5.41. The van der Waals surface area contributed by atoms with Crippen molar-refractivity contribution in [2.75, 3.05) is 18.4 Å². The number of benzene rings is 2. The topological polar surface area (TPSA) is 118 Å². The third-order valence-corrected chi connectivity index (χ3v) is 7.98. The lowest BCUT2D eigenvalue weighted by Crippen LogP contribution is -2.61. The van der Waals surface area contributed by atoms with Crippen LogP contribution < -0.4 is 15.4 Å². The van der Waals surface area contributed by atoms with Gasteiger partial charge in [-0.25, -0.2) is 8.42 Å². The van der Waals surface area contributed by atoms with Gasteiger partial charge in [0.05, 0.1) is 23.0 Å². The highest BCUT2D eigenvalue weighted by atomic mass is 32.2. The molecule has 10 heteroatoms. The summed E-state index contributed by atoms with van der Waals surface area (Å²) >= 11 is 0. The van der Waals surface area contributed by atoms with Crippen LogP contribution in [0.15, 0.2) is 70.4 Å². The van der Waals surface area contributed by atoms with Crippen molar-refractivity contribution in [3.8, 4) is 16.9 Å². The van der Waals surface area contributed by atoms with Gasteiger partial charge in [-0.3, -0.25) is 9.59 Å². The summed E-state index contributed by atoms with van der Waals surface area (Å²) in [6.07, 6.45) is 3.80. The van der Waals surface area contributed by atoms with E-state index >= 15 is 0 Å². The van der Waals surface area contributed by atoms with E-state index in [1.54, 1.807) is 36.8 Å². The number of nitrogens with one attached hydrogen (secondary N) is 2. The molecule has 2 aliphatic heterocycles. The Labute approximate surface area is 196 Å². The third-order valence-electron chi connectivity index (χ3n) is 6.07. The van der Waals surface area contributed by atoms with Gasteiger partial charge in [-0.05, 0) is 48.0 Å². The van der Waals surface area contributed by atoms with Crippen LogP contribution in [0.1, 0.15) is 30.1 Å². The first-order valence-corrected chi connectivity index (χ1v) is 12.3. The van der Waals surface area contributed by atoms with Gasteiger partial charge in [-0.1, -0.05) is 6.07 Å². The van der Waals surface area contributed by atoms with Crippen molar-refractivity contribution in [1.29, 1.82) is 0 Å². The second-order valence-electron chi connectivity index (χ2n) is 8.38. The predicted octanol–water partition coefficient (Wildman–Crippen LogP) is 3.21. The van der Waals surface area contributed by atoms with Crippen LogP contribution in [-0.2, 0) is 14.8 Å². The third kappa shape index (κ3) is 4.06. The minimum atomic E-state index is -3.72. The molecule has 3 aromatic rings. The van der Waals surface area contributed by atoms with Crippen molar-refractivity contribution in [3.63, 3.8) is 0 Å². The number of nitrogens with zero attached hydrogens (tertiary/aromatic N) is 1. The second kappa shape index (κ2) is 8.30. The summed E-state index contributed by atoms with van der Waals surface area (Å²) in [5, 5.41) is 5.57. The van der Waals surface area contributed by atoms with Crippen molar-refractivity contribution in [3.05, 3.63) is 66.6 Å². The molecule has 2 N–H and O–H groups in total. The van der Waals surface area contributed by atoms with E-state index in [0.717, 1.165) is 11.1 Å². The van der Waals surface area contributed by atoms with Gasteiger partial charge in [-0.15, -0.1) is 0 Å². The van der Waals surface area contributed by atoms with Crippen LogP contribution in [-0.4, -0.2) is 43.4 Å². The quantitative estimate of drug-likeness (QED) is 0.591. The van der Waals surface area contributed by atoms with Crippen molar-refractivity contribution < 1.29 is 27.2 Å². The number of piperidine rings is 1. The zero-order valence-corrected chi connectivity index (χ0v) is 19.2. The summed E-state index contributed by atoms with van der Waals surface area (Å²) < 4.78 is 38.9. The number of hydrogen-bond acceptors (Lipinski definition) is 6. The zero-order valence-electron chi connectivity index (χ0n) is 18.4. The first-order chi connectivity index (χ1) is 16.3. The van der Waals surface area contributed by atoms with Crippen molar-refractivity contribution in [2.24, 2.45) is 0 Å². The average molecular weight is 482 g/mol. The van der Waals surface area contributed by atoms with Crippen molar-refractivity contribution >= 4 is 27.5 Å². The summed E-state index contributed by atoms with van der Waals surface area (Å²) in [7, 11) is -3.72. The summed E-state index contributed by atoms with van der Waals surface area (Å²) in [6, 6.07) is 13.2. The van der Waals surface area contributed by atoms with Gasteiger partial charge in [0.2, 0.25) is 15.9 Å². The summed E-state index contributed by atoms with van der Waals surface area (Å²) in [4.78, 5) is 24.2. The first-order valence-electron chi connectivity index (χ1n) is 10.8. The summed E-state index contributed by atoms with van der Waals surface area (Å²) in [5.74, 6) is -0.0111. The molecule has 2 aromatic carbocycles. The van der Waals surface area contributed by atoms with Gasteiger partial charge in [0.25, 0.3) is 5.91 Å². The number of furan rings is 1. The van der Waals surface area contributed by atoms with Crippen molar-refractivity contribution in [1.82, 2.24) is 9.62 Å². The number of anilines is 1. The molecule has 2 aliphatic rings. The van der Waals surface area contributed by atoms with Gasteiger partial charge in [0.1, 0.15) is 5.75 Å². The molecule has 1 fully saturated rings. The average Bonchev–Trinajstić information content (AvgIpc) is 3.34. The molecule has 1 spiro atoms. The second-order valence-corrected chi connectivity index (χ2v) is 10.3. The molecular formula is C24H23N3O6S. The molecule has 0 bridgehead atoms. The molecule has 0 aliphatic carbocycles. The Balaban J connectivity index is 1.30. The predicted molar refractivity (Wildman–Crippen MR) is 124 cm³/mol. The fourth-order valence-corrected chi connectivity index (χ4v) is 5.73. The molecule has 176 valence electrons. The largest absolute Gasteiger partial charge is 0.472 e. The number of rotatable bonds is 4. The Hall–Kier alpha value is -3.63. The molecule has 34 heavy (non-hydrogen) atoms. The monoisotopic (exact) mass is 481 g/mol. The smallest absolute Gasteiger partial charge is 0.258 e. The van der Waals surface area contributed by atoms with E-state index in [1.165, 1.54) is 23.4 Å². The minimum absolute atomic E-state index is 0.142. The maximum Gasteiger partial charge on any atom is 0.258 e. The highest BCUT2D eigenvalue weighted by Gasteiger charge is 2.44. The Morgan fingerprint density at radius 1 is 1.06 bits per heavy atom. The van der Waals surface area contributed by atoms with E-state index in [1.807, 2.05) is 12.1 Å². The van der Waals surface area contributed by atoms with E-state index in [9.17, 15) is 18.0 Å². The van der Waals surface area contributed by atoms with Crippen LogP contribution in [0.3, 0.4) is 0 Å². The van der Waals surface area contributed by atoms with Crippen LogP contribution >= 0.6 is 0 Å². The van der Waals surface area contributed by atoms with Crippen LogP contribution in [0.2, 0.25) is 0 Å². The van der Waals surface area contributed by atoms with Gasteiger partial charge >= 0.3 is 0 Å². The Morgan fingerprint density at radius 2 is 1.79 bits per heavy atom. The number of carbonyl (C=O) groups is 2. The lowest BCUT2D eigenvalue weighted by molar-refractivity contribution is -0.114. The lowest BCUT2D eigenvalue weighted by Gasteiger charge is -2.44. The zero-order chi connectivity index (χ0) is 23.9. The molecule has 1 aromatic heterocycles. The number of sulfonamides is 1. The van der Waals surface area contributed by atoms with E-state index in [2.05, 4.69) is 10.6 Å². The normalized spacial score (nSPS) is 17.5. The molecule has 9 nitrogen and oxygen atoms in total. The maximum absolute atomic E-state index is 13.1. The highest BCUT2D eigenvalue weighted by Crippen LogP contribution is 2.37. The molecule has 0 atom stereocenters. The van der Waals surface area contributed by atoms with E-state index in [-0.39, 0.29) is 29.8 Å². The van der Waals surface area contributed by atoms with E-state index in [4.69, 9.17) is 9.15 Å². The SMILES string of the molecule is CC(=O)Nc1ccc(S(=O)(=O)N2CCC3(CC2)NC(=O)c2cc(-c4ccoc4)ccc2O3)cc1. The molecule has 0 unspecified atom stereocenters. The fourth-order valence-electron chi connectivity index (χ4n) is 4.29. The van der Waals surface area contributed by atoms with Crippen LogP contribution in [0.5, 0.6) is 5.75 Å². The Bertz CT molecular complexity index is 1340. The molecular weight excluding hydrogens is 458 g/mol. The molecule has 3 heterocycles. The standard InChI is InChI=1S/C24H23N3O6S/c1-16(28)25-19-3-5-20(6-4-19)34(30,31)27-11-9-24(10-12-27)26-23(29)21-14-17(2-7-22(21)33-24)18-8-13-32-15-18/h2-8,13-15H,9-12H2,1H3,(H,25,28)(H,26,29). The highest BCUT2D eigenvalue weighted by molar-refractivity contribution is 7.89. The van der Waals surface area contributed by atoms with Gasteiger partial charge < -0.3 is 19.8 Å². The summed E-state index contributed by atoms with van der Waals surface area (Å²) in [6.45, 7) is 1.77. The summed E-state index contributed by atoms with van der Waals surface area (Å²) in [5.41, 5.74) is 1.70. The van der Waals surface area contributed by atoms with E-state index in [0.29, 0.717) is 29.8 Å². The number of fused-ring (bicyclic) bond motifs is 1. The lowest BCUT2D eigenvalue weighted by atomic mass is 9.96. The molecule has 1 saturated heterocycles. The Morgan fingerprint density at radius 3 is 2.44 bits per heavy atom.